The molecule has 2 aromatic rings. The number of hydrogen-bond donors (Lipinski definition) is 0. The van der Waals surface area contributed by atoms with Gasteiger partial charge in [0.05, 0.1) is 0 Å². The van der Waals surface area contributed by atoms with E-state index in [0.29, 0.717) is 5.92 Å². The van der Waals surface area contributed by atoms with Gasteiger partial charge in [0, 0.05) is 0 Å². The van der Waals surface area contributed by atoms with E-state index in [1.165, 1.54) is 33.4 Å². The number of allylic oxidation sites excluding steroid dienone is 8. The minimum Gasteiger partial charge on any atom is -1.00 e. The zero-order valence-corrected chi connectivity index (χ0v) is 28.6. The molecule has 2 aromatic carbocycles. The molecule has 0 heterocycles. The van der Waals surface area contributed by atoms with Crippen LogP contribution in [0.4, 0.5) is 0 Å². The topological polar surface area (TPSA) is 0 Å². The van der Waals surface area contributed by atoms with Gasteiger partial charge in [0.2, 0.25) is 0 Å². The van der Waals surface area contributed by atoms with Gasteiger partial charge in [-0.1, -0.05) is 0 Å². The smallest absolute Gasteiger partial charge is 1.00 e. The molecule has 0 aliphatic heterocycles. The first kappa shape index (κ1) is 34.2. The average molecular weight is 606 g/mol. The Hall–Kier alpha value is -0.799. The maximum absolute atomic E-state index is 2.52. The summed E-state index contributed by atoms with van der Waals surface area (Å²) in [6.45, 7) is 18.9. The van der Waals surface area contributed by atoms with E-state index in [-0.39, 0.29) is 47.7 Å². The minimum atomic E-state index is -0.722. The summed E-state index contributed by atoms with van der Waals surface area (Å²) < 4.78 is 1.62. The molecule has 0 bridgehead atoms. The third kappa shape index (κ3) is 6.03. The maximum Gasteiger partial charge on any atom is -1.00 e. The summed E-state index contributed by atoms with van der Waals surface area (Å²) in [6.07, 6.45) is 10.5. The SMILES string of the molecule is CC1=C(C)C([SiH2]c2cc(C)cc(C)c2)(C(c2c(C)cccc2C)C2(C)C=CC=CC2)[C]([Ti+3])=C1C.[Cl-].[Cl-].[Cl-]. The molecular weight excluding hydrogens is 567 g/mol. The van der Waals surface area contributed by atoms with E-state index in [1.54, 1.807) is 20.2 Å². The van der Waals surface area contributed by atoms with Gasteiger partial charge in [0.15, 0.2) is 0 Å². The van der Waals surface area contributed by atoms with Crippen molar-refractivity contribution in [2.45, 2.75) is 72.8 Å². The van der Waals surface area contributed by atoms with E-state index in [1.807, 2.05) is 0 Å². The minimum absolute atomic E-state index is 0. The summed E-state index contributed by atoms with van der Waals surface area (Å²) in [5, 5.41) is 1.67. The molecule has 196 valence electrons. The van der Waals surface area contributed by atoms with Gasteiger partial charge in [-0.2, -0.15) is 0 Å². The van der Waals surface area contributed by atoms with Crippen LogP contribution in [0, 0.1) is 33.1 Å². The fourth-order valence-electron chi connectivity index (χ4n) is 6.88. The van der Waals surface area contributed by atoms with E-state index in [0.717, 1.165) is 6.42 Å². The second-order valence-corrected chi connectivity index (χ2v) is 14.2. The predicted octanol–water partition coefficient (Wildman–Crippen LogP) is -1.64. The molecule has 37 heavy (non-hydrogen) atoms. The molecule has 0 nitrogen and oxygen atoms in total. The molecule has 3 atom stereocenters. The van der Waals surface area contributed by atoms with Crippen molar-refractivity contribution in [2.24, 2.45) is 5.41 Å². The predicted molar refractivity (Wildman–Crippen MR) is 148 cm³/mol. The monoisotopic (exact) mass is 604 g/mol. The Morgan fingerprint density at radius 2 is 1.38 bits per heavy atom. The molecule has 3 unspecified atom stereocenters. The quantitative estimate of drug-likeness (QED) is 0.359. The first-order chi connectivity index (χ1) is 16.0. The van der Waals surface area contributed by atoms with Crippen LogP contribution in [-0.2, 0) is 20.4 Å². The number of rotatable bonds is 5. The van der Waals surface area contributed by atoms with Crippen LogP contribution in [0.15, 0.2) is 81.3 Å². The molecule has 0 aromatic heterocycles. The Labute approximate surface area is 258 Å². The number of aryl methyl sites for hydroxylation is 4. The van der Waals surface area contributed by atoms with Gasteiger partial charge in [0.1, 0.15) is 0 Å². The Balaban J connectivity index is 0.00000228. The third-order valence-electron chi connectivity index (χ3n) is 8.64. The normalized spacial score (nSPS) is 23.7. The van der Waals surface area contributed by atoms with Crippen LogP contribution in [0.3, 0.4) is 0 Å². The molecule has 0 radical (unpaired) electrons. The van der Waals surface area contributed by atoms with Crippen LogP contribution < -0.4 is 42.4 Å². The summed E-state index contributed by atoms with van der Waals surface area (Å²) in [7, 11) is -0.722. The Bertz CT molecular complexity index is 1210. The second kappa shape index (κ2) is 13.0. The second-order valence-electron chi connectivity index (χ2n) is 11.1. The summed E-state index contributed by atoms with van der Waals surface area (Å²) >= 11 is 2.46. The molecule has 2 aliphatic rings. The van der Waals surface area contributed by atoms with Gasteiger partial charge in [-0.25, -0.2) is 0 Å². The first-order valence-corrected chi connectivity index (χ1v) is 14.8. The van der Waals surface area contributed by atoms with Gasteiger partial charge in [0.25, 0.3) is 0 Å². The first-order valence-electron chi connectivity index (χ1n) is 12.6. The van der Waals surface area contributed by atoms with Crippen molar-refractivity contribution in [1.29, 1.82) is 0 Å². The van der Waals surface area contributed by atoms with Crippen LogP contribution in [0.2, 0.25) is 5.04 Å². The zero-order chi connectivity index (χ0) is 24.8. The average Bonchev–Trinajstić information content (AvgIpc) is 2.92. The van der Waals surface area contributed by atoms with Crippen molar-refractivity contribution in [1.82, 2.24) is 0 Å². The van der Waals surface area contributed by atoms with E-state index in [2.05, 4.69) is 137 Å². The van der Waals surface area contributed by atoms with Crippen LogP contribution >= 0.6 is 0 Å². The number of benzene rings is 2. The van der Waals surface area contributed by atoms with Crippen LogP contribution in [0.1, 0.15) is 67.9 Å². The van der Waals surface area contributed by atoms with Gasteiger partial charge < -0.3 is 37.2 Å². The van der Waals surface area contributed by atoms with Gasteiger partial charge in [-0.15, -0.1) is 0 Å². The molecular formula is C32H39Cl3SiTi. The Kier molecular flexibility index (Phi) is 12.1. The molecule has 2 aliphatic carbocycles. The number of halogens is 3. The molecule has 0 fully saturated rings. The Morgan fingerprint density at radius 3 is 1.84 bits per heavy atom. The van der Waals surface area contributed by atoms with Crippen molar-refractivity contribution in [3.63, 3.8) is 0 Å². The van der Waals surface area contributed by atoms with Crippen LogP contribution in [0.5, 0.6) is 0 Å². The zero-order valence-electron chi connectivity index (χ0n) is 23.4. The molecule has 0 spiro atoms. The largest absolute Gasteiger partial charge is 1.00 e. The van der Waals surface area contributed by atoms with Gasteiger partial charge in [-0.05, 0) is 0 Å². The van der Waals surface area contributed by atoms with Crippen LogP contribution in [0.25, 0.3) is 0 Å². The maximum atomic E-state index is 2.52. The molecule has 0 amide bonds. The van der Waals surface area contributed by atoms with E-state index >= 15 is 0 Å². The summed E-state index contributed by atoms with van der Waals surface area (Å²) in [5.74, 6) is 0.405. The fourth-order valence-corrected chi connectivity index (χ4v) is 11.4. The van der Waals surface area contributed by atoms with Crippen molar-refractivity contribution in [2.75, 3.05) is 0 Å². The summed E-state index contributed by atoms with van der Waals surface area (Å²) in [6, 6.07) is 14.2. The molecule has 5 heteroatoms. The van der Waals surface area contributed by atoms with Crippen molar-refractivity contribution < 1.29 is 57.7 Å². The van der Waals surface area contributed by atoms with E-state index in [9.17, 15) is 0 Å². The number of hydrogen-bond acceptors (Lipinski definition) is 0. The van der Waals surface area contributed by atoms with Crippen molar-refractivity contribution in [3.05, 3.63) is 109 Å². The van der Waals surface area contributed by atoms with Gasteiger partial charge >= 0.3 is 222 Å². The molecule has 0 saturated carbocycles. The molecule has 0 N–H and O–H groups in total. The standard InChI is InChI=1S/C32H39Si.3ClH.Ti/c1-21-17-22(2)19-28(18-21)33-32(20-25(5)26(6)27(32)7)30(31(8)15-10-9-11-16-31)29-23(3)13-12-14-24(29)4;;;;/h9-15,17-19,30H,16,33H2,1-8H3;3*1H;/q;;;;+3/p-3. The summed E-state index contributed by atoms with van der Waals surface area (Å²) in [4.78, 5) is 0. The van der Waals surface area contributed by atoms with Gasteiger partial charge in [-0.3, -0.25) is 0 Å². The van der Waals surface area contributed by atoms with Crippen molar-refractivity contribution >= 4 is 14.7 Å². The van der Waals surface area contributed by atoms with Crippen molar-refractivity contribution in [3.8, 4) is 0 Å². The van der Waals surface area contributed by atoms with Crippen LogP contribution in [-0.4, -0.2) is 9.52 Å². The molecule has 4 rings (SSSR count). The third-order valence-corrected chi connectivity index (χ3v) is 13.1. The fraction of sp³-hybridized carbons (Fsp3) is 0.375. The Morgan fingerprint density at radius 1 is 0.811 bits per heavy atom. The molecule has 0 saturated heterocycles. The van der Waals surface area contributed by atoms with E-state index in [4.69, 9.17) is 0 Å². The summed E-state index contributed by atoms with van der Waals surface area (Å²) in [5.41, 5.74) is 11.9. The van der Waals surface area contributed by atoms with E-state index < -0.39 is 9.52 Å².